The van der Waals surface area contributed by atoms with Gasteiger partial charge in [-0.1, -0.05) is 0 Å². The molecule has 0 aliphatic rings. The van der Waals surface area contributed by atoms with Gasteiger partial charge in [0, 0.05) is 0 Å². The predicted molar refractivity (Wildman–Crippen MR) is 64.7 cm³/mol. The van der Waals surface area contributed by atoms with Crippen molar-refractivity contribution in [1.82, 2.24) is 5.32 Å². The molecule has 0 rings (SSSR count). The quantitative estimate of drug-likeness (QED) is 0.416. The van der Waals surface area contributed by atoms with Crippen LogP contribution in [0.3, 0.4) is 0 Å². The van der Waals surface area contributed by atoms with Gasteiger partial charge in [0.15, 0.2) is 0 Å². The number of esters is 2. The van der Waals surface area contributed by atoms with Gasteiger partial charge < -0.3 is 14.8 Å². The number of carbonyl (C=O) groups excluding carboxylic acids is 3. The van der Waals surface area contributed by atoms with Crippen LogP contribution in [0.25, 0.3) is 0 Å². The molecular formula is C11H18BNO5. The second-order valence-corrected chi connectivity index (χ2v) is 4.73. The summed E-state index contributed by atoms with van der Waals surface area (Å²) in [5.74, 6) is -2.11. The molecule has 1 amide bonds. The lowest BCUT2D eigenvalue weighted by molar-refractivity contribution is -0.183. The van der Waals surface area contributed by atoms with E-state index in [1.807, 2.05) is 0 Å². The Morgan fingerprint density at radius 1 is 1.11 bits per heavy atom. The zero-order chi connectivity index (χ0) is 14.6. The second kappa shape index (κ2) is 5.88. The maximum absolute atomic E-state index is 11.9. The first kappa shape index (κ1) is 16.5. The van der Waals surface area contributed by atoms with E-state index in [0.717, 1.165) is 0 Å². The molecule has 0 aliphatic heterocycles. The minimum atomic E-state index is -1.45. The fraction of sp³-hybridized carbons (Fsp3) is 0.727. The number of hydrogen-bond acceptors (Lipinski definition) is 5. The molecule has 1 N–H and O–H groups in total. The lowest BCUT2D eigenvalue weighted by atomic mass is 9.91. The molecule has 2 radical (unpaired) electrons. The Morgan fingerprint density at radius 3 is 2.00 bits per heavy atom. The smallest absolute Gasteiger partial charge is 0.349 e. The van der Waals surface area contributed by atoms with E-state index in [9.17, 15) is 14.4 Å². The standard InChI is InChI=1S/C11H18BNO5/c1-10(2,7(14)13-6-12)8(15)18-11(3,4)9(16)17-5/h6H2,1-5H3,(H,13,14). The van der Waals surface area contributed by atoms with Crippen LogP contribution < -0.4 is 5.32 Å². The van der Waals surface area contributed by atoms with Gasteiger partial charge >= 0.3 is 11.9 Å². The van der Waals surface area contributed by atoms with Crippen LogP contribution in [0.5, 0.6) is 0 Å². The van der Waals surface area contributed by atoms with Crippen molar-refractivity contribution in [1.29, 1.82) is 0 Å². The average Bonchev–Trinajstić information content (AvgIpc) is 2.27. The molecule has 100 valence electrons. The van der Waals surface area contributed by atoms with E-state index in [-0.39, 0.29) is 6.44 Å². The average molecular weight is 255 g/mol. The lowest BCUT2D eigenvalue weighted by Crippen LogP contribution is -2.48. The summed E-state index contributed by atoms with van der Waals surface area (Å²) in [6, 6.07) is 0. The first-order chi connectivity index (χ1) is 8.09. The third-order valence-electron chi connectivity index (χ3n) is 2.37. The SMILES string of the molecule is [B]CNC(=O)C(C)(C)C(=O)OC(C)(C)C(=O)OC. The maximum Gasteiger partial charge on any atom is 0.349 e. The van der Waals surface area contributed by atoms with Crippen LogP contribution in [0.2, 0.25) is 0 Å². The monoisotopic (exact) mass is 255 g/mol. The van der Waals surface area contributed by atoms with Crippen molar-refractivity contribution < 1.29 is 23.9 Å². The molecule has 0 fully saturated rings. The van der Waals surface area contributed by atoms with Crippen LogP contribution >= 0.6 is 0 Å². The van der Waals surface area contributed by atoms with Crippen LogP contribution in [0.4, 0.5) is 0 Å². The largest absolute Gasteiger partial charge is 0.466 e. The van der Waals surface area contributed by atoms with E-state index < -0.39 is 28.9 Å². The van der Waals surface area contributed by atoms with Crippen LogP contribution in [-0.4, -0.2) is 44.8 Å². The molecule has 6 nitrogen and oxygen atoms in total. The van der Waals surface area contributed by atoms with Gasteiger partial charge in [0.1, 0.15) is 5.41 Å². The zero-order valence-electron chi connectivity index (χ0n) is 11.3. The van der Waals surface area contributed by atoms with Crippen molar-refractivity contribution in [2.75, 3.05) is 13.6 Å². The Bertz CT molecular complexity index is 351. The van der Waals surface area contributed by atoms with Crippen molar-refractivity contribution in [3.8, 4) is 0 Å². The molecule has 7 heteroatoms. The number of ether oxygens (including phenoxy) is 2. The predicted octanol–water partition coefficient (Wildman–Crippen LogP) is -0.250. The molecule has 0 heterocycles. The van der Waals surface area contributed by atoms with Gasteiger partial charge in [-0.05, 0) is 34.1 Å². The third kappa shape index (κ3) is 3.75. The summed E-state index contributed by atoms with van der Waals surface area (Å²) in [6.45, 7) is 5.53. The Hall–Kier alpha value is -1.53. The Labute approximate surface area is 108 Å². The van der Waals surface area contributed by atoms with E-state index in [0.29, 0.717) is 0 Å². The number of rotatable bonds is 5. The van der Waals surface area contributed by atoms with Crippen LogP contribution in [0.15, 0.2) is 0 Å². The van der Waals surface area contributed by atoms with Crippen molar-refractivity contribution >= 4 is 25.7 Å². The van der Waals surface area contributed by atoms with Crippen LogP contribution in [0.1, 0.15) is 27.7 Å². The minimum absolute atomic E-state index is 0.0874. The molecule has 0 aromatic heterocycles. The maximum atomic E-state index is 11.9. The lowest BCUT2D eigenvalue weighted by Gasteiger charge is -2.28. The first-order valence-electron chi connectivity index (χ1n) is 5.39. The van der Waals surface area contributed by atoms with Crippen molar-refractivity contribution in [3.05, 3.63) is 0 Å². The van der Waals surface area contributed by atoms with Gasteiger partial charge in [-0.3, -0.25) is 9.59 Å². The number of carbonyl (C=O) groups is 3. The summed E-state index contributed by atoms with van der Waals surface area (Å²) in [4.78, 5) is 34.9. The number of methoxy groups -OCH3 is 1. The summed E-state index contributed by atoms with van der Waals surface area (Å²) >= 11 is 0. The van der Waals surface area contributed by atoms with E-state index in [4.69, 9.17) is 12.6 Å². The number of hydrogen-bond donors (Lipinski definition) is 1. The number of amides is 1. The molecule has 0 aromatic rings. The van der Waals surface area contributed by atoms with E-state index >= 15 is 0 Å². The summed E-state index contributed by atoms with van der Waals surface area (Å²) in [5, 5.41) is 2.32. The number of nitrogens with one attached hydrogen (secondary N) is 1. The van der Waals surface area contributed by atoms with Crippen molar-refractivity contribution in [2.24, 2.45) is 5.41 Å². The molecule has 0 unspecified atom stereocenters. The topological polar surface area (TPSA) is 81.7 Å². The third-order valence-corrected chi connectivity index (χ3v) is 2.37. The molecule has 0 spiro atoms. The minimum Gasteiger partial charge on any atom is -0.466 e. The van der Waals surface area contributed by atoms with Gasteiger partial charge in [0.2, 0.25) is 11.5 Å². The van der Waals surface area contributed by atoms with E-state index in [1.165, 1.54) is 34.8 Å². The highest BCUT2D eigenvalue weighted by molar-refractivity contribution is 6.11. The normalized spacial score (nSPS) is 11.6. The van der Waals surface area contributed by atoms with E-state index in [2.05, 4.69) is 10.1 Å². The zero-order valence-corrected chi connectivity index (χ0v) is 11.3. The highest BCUT2D eigenvalue weighted by atomic mass is 16.6. The van der Waals surface area contributed by atoms with Gasteiger partial charge in [-0.25, -0.2) is 4.79 Å². The molecule has 0 atom stereocenters. The molecule has 0 saturated heterocycles. The molecule has 0 bridgehead atoms. The fourth-order valence-electron chi connectivity index (χ4n) is 1.05. The van der Waals surface area contributed by atoms with Crippen molar-refractivity contribution in [3.63, 3.8) is 0 Å². The van der Waals surface area contributed by atoms with Gasteiger partial charge in [0.05, 0.1) is 15.0 Å². The second-order valence-electron chi connectivity index (χ2n) is 4.73. The van der Waals surface area contributed by atoms with Crippen LogP contribution in [0, 0.1) is 5.41 Å². The molecule has 0 saturated carbocycles. The molecule has 0 aliphatic carbocycles. The van der Waals surface area contributed by atoms with E-state index in [1.54, 1.807) is 0 Å². The van der Waals surface area contributed by atoms with Gasteiger partial charge in [-0.15, -0.1) is 0 Å². The molecule has 0 aromatic carbocycles. The summed E-state index contributed by atoms with van der Waals surface area (Å²) in [6.07, 6.45) is -0.0874. The Kier molecular flexibility index (Phi) is 5.39. The summed E-state index contributed by atoms with van der Waals surface area (Å²) < 4.78 is 9.51. The van der Waals surface area contributed by atoms with Gasteiger partial charge in [-0.2, -0.15) is 0 Å². The Balaban J connectivity index is 4.86. The Morgan fingerprint density at radius 2 is 1.61 bits per heavy atom. The summed E-state index contributed by atoms with van der Waals surface area (Å²) in [5.41, 5.74) is -2.89. The summed E-state index contributed by atoms with van der Waals surface area (Å²) in [7, 11) is 6.35. The molecular weight excluding hydrogens is 237 g/mol. The van der Waals surface area contributed by atoms with Crippen LogP contribution in [-0.2, 0) is 23.9 Å². The van der Waals surface area contributed by atoms with Crippen molar-refractivity contribution in [2.45, 2.75) is 33.3 Å². The molecule has 18 heavy (non-hydrogen) atoms. The highest BCUT2D eigenvalue weighted by Gasteiger charge is 2.43. The highest BCUT2D eigenvalue weighted by Crippen LogP contribution is 2.22. The first-order valence-corrected chi connectivity index (χ1v) is 5.39. The fourth-order valence-corrected chi connectivity index (χ4v) is 1.05. The van der Waals surface area contributed by atoms with Gasteiger partial charge in [0.25, 0.3) is 0 Å².